The fourth-order valence-electron chi connectivity index (χ4n) is 3.46. The molecule has 0 bridgehead atoms. The minimum absolute atomic E-state index is 0.0673. The van der Waals surface area contributed by atoms with E-state index in [1.807, 2.05) is 6.07 Å². The maximum absolute atomic E-state index is 6.07. The summed E-state index contributed by atoms with van der Waals surface area (Å²) in [6, 6.07) is 8.35. The van der Waals surface area contributed by atoms with Gasteiger partial charge in [-0.05, 0) is 49.3 Å². The minimum Gasteiger partial charge on any atom is -0.378 e. The predicted molar refractivity (Wildman–Crippen MR) is 81.7 cm³/mol. The zero-order chi connectivity index (χ0) is 13.2. The number of hydrogen-bond donors (Lipinski definition) is 2. The standard InChI is InChI=1S/C15H23BrN2/c1-11-6-12(2)9-15(8-11,10-17)18-14-5-3-4-13(16)7-14/h3-5,7,11-12,18H,6,8-10,17H2,1-2H3. The van der Waals surface area contributed by atoms with Crippen molar-refractivity contribution < 1.29 is 0 Å². The van der Waals surface area contributed by atoms with E-state index in [-0.39, 0.29) is 5.54 Å². The Kier molecular flexibility index (Phi) is 4.33. The first-order valence-electron chi connectivity index (χ1n) is 6.77. The maximum atomic E-state index is 6.07. The molecule has 2 unspecified atom stereocenters. The van der Waals surface area contributed by atoms with Crippen LogP contribution in [0.25, 0.3) is 0 Å². The van der Waals surface area contributed by atoms with E-state index in [2.05, 4.69) is 53.3 Å². The lowest BCUT2D eigenvalue weighted by Gasteiger charge is -2.43. The Morgan fingerprint density at radius 2 is 2.00 bits per heavy atom. The van der Waals surface area contributed by atoms with Crippen LogP contribution in [0.15, 0.2) is 28.7 Å². The van der Waals surface area contributed by atoms with Crippen LogP contribution in [-0.2, 0) is 0 Å². The van der Waals surface area contributed by atoms with E-state index in [9.17, 15) is 0 Å². The van der Waals surface area contributed by atoms with Gasteiger partial charge < -0.3 is 11.1 Å². The highest BCUT2D eigenvalue weighted by Crippen LogP contribution is 2.37. The molecule has 2 rings (SSSR count). The molecule has 1 saturated carbocycles. The van der Waals surface area contributed by atoms with Gasteiger partial charge in [0.2, 0.25) is 0 Å². The van der Waals surface area contributed by atoms with Gasteiger partial charge in [-0.2, -0.15) is 0 Å². The molecule has 1 aromatic carbocycles. The number of hydrogen-bond acceptors (Lipinski definition) is 2. The third-order valence-electron chi connectivity index (χ3n) is 3.91. The van der Waals surface area contributed by atoms with Crippen LogP contribution in [0.5, 0.6) is 0 Å². The fourth-order valence-corrected chi connectivity index (χ4v) is 3.86. The van der Waals surface area contributed by atoms with Crippen molar-refractivity contribution in [2.75, 3.05) is 11.9 Å². The second-order valence-corrected chi connectivity index (χ2v) is 6.89. The molecule has 1 aliphatic carbocycles. The topological polar surface area (TPSA) is 38.0 Å². The molecule has 100 valence electrons. The summed E-state index contributed by atoms with van der Waals surface area (Å²) >= 11 is 3.52. The monoisotopic (exact) mass is 310 g/mol. The van der Waals surface area contributed by atoms with E-state index < -0.39 is 0 Å². The molecule has 18 heavy (non-hydrogen) atoms. The Balaban J connectivity index is 2.17. The van der Waals surface area contributed by atoms with E-state index in [0.717, 1.165) is 22.0 Å². The van der Waals surface area contributed by atoms with E-state index in [1.54, 1.807) is 0 Å². The van der Waals surface area contributed by atoms with E-state index in [0.29, 0.717) is 6.54 Å². The normalized spacial score (nSPS) is 32.2. The van der Waals surface area contributed by atoms with Crippen LogP contribution in [-0.4, -0.2) is 12.1 Å². The van der Waals surface area contributed by atoms with Gasteiger partial charge >= 0.3 is 0 Å². The average molecular weight is 311 g/mol. The molecule has 0 saturated heterocycles. The summed E-state index contributed by atoms with van der Waals surface area (Å²) in [5.41, 5.74) is 7.30. The minimum atomic E-state index is 0.0673. The van der Waals surface area contributed by atoms with Gasteiger partial charge in [0.1, 0.15) is 0 Å². The molecule has 3 N–H and O–H groups in total. The van der Waals surface area contributed by atoms with Gasteiger partial charge in [-0.1, -0.05) is 35.8 Å². The van der Waals surface area contributed by atoms with Crippen molar-refractivity contribution in [2.45, 2.75) is 38.6 Å². The summed E-state index contributed by atoms with van der Waals surface area (Å²) < 4.78 is 1.11. The third kappa shape index (κ3) is 3.27. The first-order valence-corrected chi connectivity index (χ1v) is 7.56. The molecule has 0 aromatic heterocycles. The van der Waals surface area contributed by atoms with Crippen molar-refractivity contribution >= 4 is 21.6 Å². The van der Waals surface area contributed by atoms with Crippen LogP contribution in [0.4, 0.5) is 5.69 Å². The van der Waals surface area contributed by atoms with Crippen molar-refractivity contribution in [1.82, 2.24) is 0 Å². The number of nitrogens with one attached hydrogen (secondary N) is 1. The highest BCUT2D eigenvalue weighted by Gasteiger charge is 2.36. The molecule has 0 aliphatic heterocycles. The molecule has 1 fully saturated rings. The van der Waals surface area contributed by atoms with Crippen LogP contribution in [0, 0.1) is 11.8 Å². The highest BCUT2D eigenvalue weighted by atomic mass is 79.9. The van der Waals surface area contributed by atoms with Crippen molar-refractivity contribution in [3.8, 4) is 0 Å². The summed E-state index contributed by atoms with van der Waals surface area (Å²) in [4.78, 5) is 0. The number of nitrogens with two attached hydrogens (primary N) is 1. The summed E-state index contributed by atoms with van der Waals surface area (Å²) in [6.07, 6.45) is 3.66. The zero-order valence-corrected chi connectivity index (χ0v) is 12.8. The average Bonchev–Trinajstić information content (AvgIpc) is 2.27. The molecule has 0 spiro atoms. The van der Waals surface area contributed by atoms with Crippen molar-refractivity contribution in [3.05, 3.63) is 28.7 Å². The van der Waals surface area contributed by atoms with Gasteiger partial charge in [0.15, 0.2) is 0 Å². The van der Waals surface area contributed by atoms with Crippen LogP contribution < -0.4 is 11.1 Å². The van der Waals surface area contributed by atoms with Gasteiger partial charge in [-0.25, -0.2) is 0 Å². The molecule has 2 atom stereocenters. The molecule has 0 radical (unpaired) electrons. The van der Waals surface area contributed by atoms with Gasteiger partial charge in [0.05, 0.1) is 5.54 Å². The number of halogens is 1. The summed E-state index contributed by atoms with van der Waals surface area (Å²) in [7, 11) is 0. The largest absolute Gasteiger partial charge is 0.378 e. The SMILES string of the molecule is CC1CC(C)CC(CN)(Nc2cccc(Br)c2)C1. The number of anilines is 1. The van der Waals surface area contributed by atoms with Crippen LogP contribution >= 0.6 is 15.9 Å². The van der Waals surface area contributed by atoms with Crippen LogP contribution in [0.3, 0.4) is 0 Å². The molecule has 0 amide bonds. The molecular formula is C15H23BrN2. The third-order valence-corrected chi connectivity index (χ3v) is 4.40. The Bertz CT molecular complexity index is 395. The second kappa shape index (κ2) is 5.62. The van der Waals surface area contributed by atoms with Crippen molar-refractivity contribution in [1.29, 1.82) is 0 Å². The Labute approximate surface area is 118 Å². The molecule has 1 aliphatic rings. The lowest BCUT2D eigenvalue weighted by atomic mass is 9.71. The Morgan fingerprint density at radius 3 is 2.56 bits per heavy atom. The van der Waals surface area contributed by atoms with E-state index >= 15 is 0 Å². The highest BCUT2D eigenvalue weighted by molar-refractivity contribution is 9.10. The molecule has 1 aromatic rings. The first-order chi connectivity index (χ1) is 8.53. The van der Waals surface area contributed by atoms with Gasteiger partial charge in [0.25, 0.3) is 0 Å². The maximum Gasteiger partial charge on any atom is 0.0500 e. The summed E-state index contributed by atoms with van der Waals surface area (Å²) in [6.45, 7) is 5.37. The summed E-state index contributed by atoms with van der Waals surface area (Å²) in [5.74, 6) is 1.49. The molecule has 3 heteroatoms. The fraction of sp³-hybridized carbons (Fsp3) is 0.600. The molecule has 0 heterocycles. The van der Waals surface area contributed by atoms with Crippen molar-refractivity contribution in [3.63, 3.8) is 0 Å². The molecule has 2 nitrogen and oxygen atoms in total. The van der Waals surface area contributed by atoms with Crippen LogP contribution in [0.1, 0.15) is 33.1 Å². The van der Waals surface area contributed by atoms with E-state index in [4.69, 9.17) is 5.73 Å². The Hall–Kier alpha value is -0.540. The van der Waals surface area contributed by atoms with Gasteiger partial charge in [0, 0.05) is 16.7 Å². The smallest absolute Gasteiger partial charge is 0.0500 e. The van der Waals surface area contributed by atoms with Gasteiger partial charge in [-0.3, -0.25) is 0 Å². The van der Waals surface area contributed by atoms with E-state index in [1.165, 1.54) is 19.3 Å². The van der Waals surface area contributed by atoms with Crippen molar-refractivity contribution in [2.24, 2.45) is 17.6 Å². The zero-order valence-electron chi connectivity index (χ0n) is 11.2. The van der Waals surface area contributed by atoms with Gasteiger partial charge in [-0.15, -0.1) is 0 Å². The second-order valence-electron chi connectivity index (χ2n) is 5.97. The first kappa shape index (κ1) is 13.9. The lowest BCUT2D eigenvalue weighted by molar-refractivity contribution is 0.205. The lowest BCUT2D eigenvalue weighted by Crippen LogP contribution is -2.50. The predicted octanol–water partition coefficient (Wildman–Crippen LogP) is 4.01. The summed E-state index contributed by atoms with van der Waals surface area (Å²) in [5, 5.41) is 3.69. The number of benzene rings is 1. The quantitative estimate of drug-likeness (QED) is 0.885. The molecular weight excluding hydrogens is 288 g/mol. The number of rotatable bonds is 3. The Morgan fingerprint density at radius 1 is 1.33 bits per heavy atom. The van der Waals surface area contributed by atoms with Crippen LogP contribution in [0.2, 0.25) is 0 Å².